The van der Waals surface area contributed by atoms with Crippen molar-refractivity contribution in [3.05, 3.63) is 107 Å². The molecule has 0 aliphatic carbocycles. The van der Waals surface area contributed by atoms with E-state index in [0.717, 1.165) is 23.9 Å². The Hall–Kier alpha value is -3.31. The van der Waals surface area contributed by atoms with Crippen LogP contribution in [0.15, 0.2) is 95.2 Å². The van der Waals surface area contributed by atoms with Gasteiger partial charge >= 0.3 is 5.13 Å². The van der Waals surface area contributed by atoms with E-state index in [1.54, 1.807) is 11.3 Å². The molecule has 0 fully saturated rings. The van der Waals surface area contributed by atoms with Gasteiger partial charge in [-0.15, -0.1) is 0 Å². The number of azo groups is 1. The third-order valence-electron chi connectivity index (χ3n) is 5.44. The van der Waals surface area contributed by atoms with Crippen LogP contribution in [-0.4, -0.2) is 0 Å². The molecular weight excluding hydrogens is 400 g/mol. The topological polar surface area (TPSA) is 31.8 Å². The predicted molar refractivity (Wildman–Crippen MR) is 128 cm³/mol. The third-order valence-corrected chi connectivity index (χ3v) is 6.58. The second-order valence-electron chi connectivity index (χ2n) is 7.63. The molecule has 0 bridgehead atoms. The van der Waals surface area contributed by atoms with Gasteiger partial charge < -0.3 is 4.90 Å². The molecule has 0 atom stereocenters. The maximum Gasteiger partial charge on any atom is 0.408 e. The van der Waals surface area contributed by atoms with Crippen LogP contribution >= 0.6 is 11.3 Å². The fourth-order valence-corrected chi connectivity index (χ4v) is 4.34. The number of hydrogen-bond acceptors (Lipinski definition) is 4. The molecule has 0 saturated heterocycles. The van der Waals surface area contributed by atoms with Crippen molar-refractivity contribution in [3.63, 3.8) is 0 Å². The van der Waals surface area contributed by atoms with Gasteiger partial charge in [-0.1, -0.05) is 60.7 Å². The van der Waals surface area contributed by atoms with E-state index in [0.29, 0.717) is 0 Å². The van der Waals surface area contributed by atoms with Gasteiger partial charge in [-0.3, -0.25) is 0 Å². The van der Waals surface area contributed by atoms with Crippen LogP contribution in [0.4, 0.5) is 16.5 Å². The van der Waals surface area contributed by atoms with Crippen LogP contribution in [0, 0.1) is 13.8 Å². The second-order valence-corrected chi connectivity index (χ2v) is 8.81. The van der Waals surface area contributed by atoms with E-state index in [-0.39, 0.29) is 0 Å². The van der Waals surface area contributed by atoms with Crippen LogP contribution < -0.4 is 9.47 Å². The van der Waals surface area contributed by atoms with Gasteiger partial charge in [0.25, 0.3) is 0 Å². The number of hydrogen-bond donors (Lipinski definition) is 0. The molecule has 0 unspecified atom stereocenters. The summed E-state index contributed by atoms with van der Waals surface area (Å²) < 4.78 is 2.08. The molecule has 5 heteroatoms. The summed E-state index contributed by atoms with van der Waals surface area (Å²) in [5.41, 5.74) is 5.83. The fraction of sp³-hybridized carbons (Fsp3) is 0.192. The van der Waals surface area contributed by atoms with E-state index in [1.807, 2.05) is 19.2 Å². The van der Waals surface area contributed by atoms with Crippen molar-refractivity contribution < 1.29 is 4.57 Å². The molecule has 4 aromatic rings. The largest absolute Gasteiger partial charge is 0.408 e. The van der Waals surface area contributed by atoms with Crippen LogP contribution in [0.25, 0.3) is 0 Å². The van der Waals surface area contributed by atoms with Crippen molar-refractivity contribution in [1.29, 1.82) is 0 Å². The molecule has 3 aromatic carbocycles. The number of benzene rings is 3. The average Bonchev–Trinajstić information content (AvgIpc) is 3.05. The highest BCUT2D eigenvalue weighted by Crippen LogP contribution is 2.27. The highest BCUT2D eigenvalue weighted by Gasteiger charge is 2.16. The number of rotatable bonds is 7. The molecule has 156 valence electrons. The lowest BCUT2D eigenvalue weighted by Gasteiger charge is -2.25. The summed E-state index contributed by atoms with van der Waals surface area (Å²) in [7, 11) is 2.03. The highest BCUT2D eigenvalue weighted by atomic mass is 32.1. The van der Waals surface area contributed by atoms with Crippen LogP contribution in [0.5, 0.6) is 0 Å². The van der Waals surface area contributed by atoms with Crippen molar-refractivity contribution in [2.24, 2.45) is 17.3 Å². The first kappa shape index (κ1) is 20.9. The lowest BCUT2D eigenvalue weighted by Crippen LogP contribution is -2.28. The molecule has 0 radical (unpaired) electrons. The summed E-state index contributed by atoms with van der Waals surface area (Å²) in [5.74, 6) is 0. The van der Waals surface area contributed by atoms with Gasteiger partial charge in [-0.25, -0.2) is 4.57 Å². The van der Waals surface area contributed by atoms with Crippen molar-refractivity contribution in [3.8, 4) is 0 Å². The standard InChI is InChI=1S/C26H27N4S/c1-20-21(2)31-26(29(20)3)28-27-24-14-16-25(17-15-24)30(18-22-10-6-4-7-11-22)19-23-12-8-5-9-13-23/h4-17H,18-19H2,1-3H3/q+1. The molecule has 31 heavy (non-hydrogen) atoms. The quantitative estimate of drug-likeness (QED) is 0.235. The maximum atomic E-state index is 4.46. The molecule has 1 aromatic heterocycles. The van der Waals surface area contributed by atoms with E-state index < -0.39 is 0 Å². The van der Waals surface area contributed by atoms with Crippen LogP contribution in [-0.2, 0) is 20.1 Å². The van der Waals surface area contributed by atoms with Gasteiger partial charge in [-0.05, 0) is 65.7 Å². The van der Waals surface area contributed by atoms with E-state index in [2.05, 4.69) is 106 Å². The van der Waals surface area contributed by atoms with Crippen molar-refractivity contribution in [2.75, 3.05) is 4.90 Å². The van der Waals surface area contributed by atoms with Gasteiger partial charge in [0.05, 0.1) is 17.0 Å². The number of anilines is 1. The Morgan fingerprint density at radius 1 is 0.742 bits per heavy atom. The molecule has 0 spiro atoms. The first-order valence-electron chi connectivity index (χ1n) is 10.4. The Morgan fingerprint density at radius 3 is 1.77 bits per heavy atom. The molecule has 4 rings (SSSR count). The molecule has 1 heterocycles. The summed E-state index contributed by atoms with van der Waals surface area (Å²) in [6.45, 7) is 5.91. The number of aromatic nitrogens is 1. The summed E-state index contributed by atoms with van der Waals surface area (Å²) >= 11 is 1.67. The summed E-state index contributed by atoms with van der Waals surface area (Å²) in [6, 6.07) is 29.5. The van der Waals surface area contributed by atoms with E-state index >= 15 is 0 Å². The number of thiazole rings is 1. The smallest absolute Gasteiger partial charge is 0.363 e. The molecule has 0 saturated carbocycles. The van der Waals surface area contributed by atoms with Crippen molar-refractivity contribution in [1.82, 2.24) is 0 Å². The van der Waals surface area contributed by atoms with Gasteiger partial charge in [-0.2, -0.15) is 0 Å². The monoisotopic (exact) mass is 427 g/mol. The van der Waals surface area contributed by atoms with Crippen molar-refractivity contribution >= 4 is 27.8 Å². The Morgan fingerprint density at radius 2 is 1.29 bits per heavy atom. The van der Waals surface area contributed by atoms with Gasteiger partial charge in [0.1, 0.15) is 11.4 Å². The molecule has 0 N–H and O–H groups in total. The van der Waals surface area contributed by atoms with Crippen LogP contribution in [0.1, 0.15) is 21.7 Å². The molecule has 0 amide bonds. The Kier molecular flexibility index (Phi) is 6.53. The lowest BCUT2D eigenvalue weighted by atomic mass is 10.1. The van der Waals surface area contributed by atoms with E-state index in [4.69, 9.17) is 0 Å². The Labute approximate surface area is 188 Å². The van der Waals surface area contributed by atoms with Crippen LogP contribution in [0.2, 0.25) is 0 Å². The van der Waals surface area contributed by atoms with Crippen LogP contribution in [0.3, 0.4) is 0 Å². The SMILES string of the molecule is Cc1sc(N=Nc2ccc(N(Cc3ccccc3)Cc3ccccc3)cc2)[n+](C)c1C. The summed E-state index contributed by atoms with van der Waals surface area (Å²) in [5, 5.41) is 9.83. The summed E-state index contributed by atoms with van der Waals surface area (Å²) in [4.78, 5) is 3.65. The predicted octanol–water partition coefficient (Wildman–Crippen LogP) is 6.81. The molecule has 4 nitrogen and oxygen atoms in total. The molecule has 0 aliphatic rings. The summed E-state index contributed by atoms with van der Waals surface area (Å²) in [6.07, 6.45) is 0. The molecule has 0 aliphatic heterocycles. The van der Waals surface area contributed by atoms with E-state index in [1.165, 1.54) is 27.4 Å². The zero-order valence-corrected chi connectivity index (χ0v) is 19.0. The zero-order valence-electron chi connectivity index (χ0n) is 18.2. The Balaban J connectivity index is 1.55. The average molecular weight is 428 g/mol. The van der Waals surface area contributed by atoms with Gasteiger partial charge in [0.2, 0.25) is 0 Å². The van der Waals surface area contributed by atoms with Crippen molar-refractivity contribution in [2.45, 2.75) is 26.9 Å². The minimum atomic E-state index is 0.847. The fourth-order valence-electron chi connectivity index (χ4n) is 3.42. The number of nitrogens with zero attached hydrogens (tertiary/aromatic N) is 4. The first-order valence-corrected chi connectivity index (χ1v) is 11.2. The maximum absolute atomic E-state index is 4.46. The number of aryl methyl sites for hydroxylation is 1. The Bertz CT molecular complexity index is 1110. The third kappa shape index (κ3) is 5.25. The zero-order chi connectivity index (χ0) is 21.6. The minimum absolute atomic E-state index is 0.847. The van der Waals surface area contributed by atoms with E-state index in [9.17, 15) is 0 Å². The normalized spacial score (nSPS) is 11.2. The second kappa shape index (κ2) is 9.67. The minimum Gasteiger partial charge on any atom is -0.363 e. The van der Waals surface area contributed by atoms with Gasteiger partial charge in [0, 0.05) is 18.8 Å². The van der Waals surface area contributed by atoms with Gasteiger partial charge in [0.15, 0.2) is 0 Å². The highest BCUT2D eigenvalue weighted by molar-refractivity contribution is 7.14. The molecular formula is C26H27N4S+. The lowest BCUT2D eigenvalue weighted by molar-refractivity contribution is -0.660. The first-order chi connectivity index (χ1) is 15.1.